The maximum atomic E-state index is 12.4. The zero-order chi connectivity index (χ0) is 17.4. The molecular weight excluding hydrogens is 337 g/mol. The fourth-order valence-corrected chi connectivity index (χ4v) is 5.24. The summed E-state index contributed by atoms with van der Waals surface area (Å²) < 4.78 is 63.8. The topological polar surface area (TPSA) is 43.4 Å². The van der Waals surface area contributed by atoms with Crippen LogP contribution in [0, 0.1) is 0 Å². The molecule has 0 amide bonds. The Kier molecular flexibility index (Phi) is 5.31. The van der Waals surface area contributed by atoms with E-state index in [0.717, 1.165) is 11.1 Å². The van der Waals surface area contributed by atoms with E-state index in [1.54, 1.807) is 12.1 Å². The van der Waals surface area contributed by atoms with Crippen LogP contribution in [0.5, 0.6) is 0 Å². The van der Waals surface area contributed by atoms with E-state index < -0.39 is 25.9 Å². The van der Waals surface area contributed by atoms with Gasteiger partial charge < -0.3 is 0 Å². The van der Waals surface area contributed by atoms with E-state index in [9.17, 15) is 21.6 Å². The van der Waals surface area contributed by atoms with Gasteiger partial charge in [0.25, 0.3) is 0 Å². The van der Waals surface area contributed by atoms with Crippen molar-refractivity contribution in [2.24, 2.45) is 0 Å². The number of hydrogen-bond acceptors (Lipinski definition) is 3. The van der Waals surface area contributed by atoms with E-state index in [4.69, 9.17) is 0 Å². The number of benzene rings is 1. The van der Waals surface area contributed by atoms with Gasteiger partial charge in [-0.2, -0.15) is 21.6 Å². The molecule has 0 aliphatic heterocycles. The van der Waals surface area contributed by atoms with E-state index in [2.05, 4.69) is 24.4 Å². The Bertz CT molecular complexity index is 612. The summed E-state index contributed by atoms with van der Waals surface area (Å²) in [6, 6.07) is 7.37. The highest BCUT2D eigenvalue weighted by Crippen LogP contribution is 2.49. The first kappa shape index (κ1) is 19.3. The molecule has 3 nitrogen and oxygen atoms in total. The molecule has 0 aromatic heterocycles. The normalized spacial score (nSPS) is 14.9. The van der Waals surface area contributed by atoms with Gasteiger partial charge in [-0.1, -0.05) is 45.0 Å². The van der Waals surface area contributed by atoms with Crippen LogP contribution in [0.15, 0.2) is 24.3 Å². The molecule has 0 heterocycles. The van der Waals surface area contributed by atoms with Gasteiger partial charge in [-0.25, -0.2) is 3.63 Å². The van der Waals surface area contributed by atoms with Gasteiger partial charge in [0.15, 0.2) is 0 Å². The van der Waals surface area contributed by atoms with Crippen molar-refractivity contribution in [3.8, 4) is 0 Å². The van der Waals surface area contributed by atoms with Gasteiger partial charge in [0.2, 0.25) is 0 Å². The second-order valence-electron chi connectivity index (χ2n) is 6.50. The Morgan fingerprint density at radius 3 is 1.82 bits per heavy atom. The third-order valence-corrected chi connectivity index (χ3v) is 6.68. The monoisotopic (exact) mass is 358 g/mol. The molecule has 1 aromatic carbocycles. The van der Waals surface area contributed by atoms with Crippen LogP contribution < -0.4 is 0 Å². The molecule has 0 N–H and O–H groups in total. The Morgan fingerprint density at radius 1 is 1.00 bits per heavy atom. The molecule has 0 spiro atoms. The number of halogens is 3. The average Bonchev–Trinajstić information content (AvgIpc) is 2.24. The summed E-state index contributed by atoms with van der Waals surface area (Å²) in [6.45, 7) is 6.16. The van der Waals surface area contributed by atoms with Crippen molar-refractivity contribution >= 4 is 20.4 Å². The number of hydrogen-bond donors (Lipinski definition) is 0. The van der Waals surface area contributed by atoms with Crippen molar-refractivity contribution in [3.63, 3.8) is 0 Å². The van der Waals surface area contributed by atoms with Gasteiger partial charge in [0.1, 0.15) is 0 Å². The molecular formula is C14H21F3O3S2. The van der Waals surface area contributed by atoms with E-state index in [1.807, 2.05) is 12.1 Å². The number of rotatable bonds is 4. The molecule has 8 heteroatoms. The van der Waals surface area contributed by atoms with E-state index in [0.29, 0.717) is 0 Å². The fourth-order valence-electron chi connectivity index (χ4n) is 1.81. The summed E-state index contributed by atoms with van der Waals surface area (Å²) in [5.74, 6) is 0.132. The van der Waals surface area contributed by atoms with Gasteiger partial charge in [0, 0.05) is 5.75 Å². The highest BCUT2D eigenvalue weighted by molar-refractivity contribution is 8.31. The molecule has 0 saturated heterocycles. The van der Waals surface area contributed by atoms with Crippen LogP contribution in [0.2, 0.25) is 0 Å². The first-order valence-corrected chi connectivity index (χ1v) is 10.4. The lowest BCUT2D eigenvalue weighted by molar-refractivity contribution is -0.0496. The van der Waals surface area contributed by atoms with Crippen molar-refractivity contribution in [3.05, 3.63) is 35.4 Å². The highest BCUT2D eigenvalue weighted by atomic mass is 32.3. The molecule has 0 radical (unpaired) electrons. The van der Waals surface area contributed by atoms with Crippen LogP contribution in [-0.4, -0.2) is 26.4 Å². The second kappa shape index (κ2) is 6.05. The lowest BCUT2D eigenvalue weighted by atomic mass is 9.87. The first-order valence-electron chi connectivity index (χ1n) is 6.47. The summed E-state index contributed by atoms with van der Waals surface area (Å²) in [5.41, 5.74) is -3.59. The number of alkyl halides is 3. The van der Waals surface area contributed by atoms with Crippen LogP contribution in [0.1, 0.15) is 31.9 Å². The van der Waals surface area contributed by atoms with Gasteiger partial charge in [-0.15, -0.1) is 10.3 Å². The quantitative estimate of drug-likeness (QED) is 0.753. The highest BCUT2D eigenvalue weighted by Gasteiger charge is 2.49. The maximum absolute atomic E-state index is 12.4. The molecule has 0 aliphatic rings. The van der Waals surface area contributed by atoms with Crippen molar-refractivity contribution < 1.29 is 25.2 Å². The Morgan fingerprint density at radius 2 is 1.45 bits per heavy atom. The van der Waals surface area contributed by atoms with E-state index in [1.165, 1.54) is 12.5 Å². The molecule has 1 aromatic rings. The summed E-state index contributed by atoms with van der Waals surface area (Å²) in [4.78, 5) is 0. The Hall–Kier alpha value is -0.730. The van der Waals surface area contributed by atoms with Crippen molar-refractivity contribution in [2.45, 2.75) is 37.4 Å². The maximum Gasteiger partial charge on any atom is 0.523 e. The molecule has 128 valence electrons. The molecule has 0 bridgehead atoms. The van der Waals surface area contributed by atoms with Crippen molar-refractivity contribution in [1.82, 2.24) is 0 Å². The van der Waals surface area contributed by atoms with Crippen LogP contribution in [0.4, 0.5) is 13.2 Å². The Balaban J connectivity index is 2.90. The minimum Gasteiger partial charge on any atom is -0.213 e. The van der Waals surface area contributed by atoms with Crippen molar-refractivity contribution in [1.29, 1.82) is 0 Å². The lowest BCUT2D eigenvalue weighted by Crippen LogP contribution is -2.27. The standard InChI is InChI=1S/C14H21F3O3S2/c1-13(2,3)12-8-6-11(7-9-12)10-21(4,5)20-22(18,19)14(15,16)17/h6-9H,10H2,1-5H3. The zero-order valence-electron chi connectivity index (χ0n) is 13.2. The predicted molar refractivity (Wildman–Crippen MR) is 84.3 cm³/mol. The molecule has 0 unspecified atom stereocenters. The largest absolute Gasteiger partial charge is 0.523 e. The van der Waals surface area contributed by atoms with E-state index >= 15 is 0 Å². The molecule has 0 atom stereocenters. The summed E-state index contributed by atoms with van der Waals surface area (Å²) >= 11 is 0. The third-order valence-electron chi connectivity index (χ3n) is 2.89. The van der Waals surface area contributed by atoms with Gasteiger partial charge in [0.05, 0.1) is 0 Å². The third kappa shape index (κ3) is 5.17. The van der Waals surface area contributed by atoms with Crippen LogP contribution in [0.3, 0.4) is 0 Å². The molecule has 0 saturated carbocycles. The zero-order valence-corrected chi connectivity index (χ0v) is 14.8. The van der Waals surface area contributed by atoms with E-state index in [-0.39, 0.29) is 11.2 Å². The molecule has 0 fully saturated rings. The van der Waals surface area contributed by atoms with Crippen molar-refractivity contribution in [2.75, 3.05) is 12.5 Å². The minimum atomic E-state index is -5.57. The lowest BCUT2D eigenvalue weighted by Gasteiger charge is -2.30. The first-order chi connectivity index (χ1) is 9.64. The predicted octanol–water partition coefficient (Wildman–Crippen LogP) is 4.33. The smallest absolute Gasteiger partial charge is 0.213 e. The van der Waals surface area contributed by atoms with Gasteiger partial charge in [-0.05, 0) is 29.1 Å². The fraction of sp³-hybridized carbons (Fsp3) is 0.571. The SMILES string of the molecule is CC(C)(C)c1ccc(CS(C)(C)OS(=O)(=O)C(F)(F)F)cc1. The molecule has 0 aliphatic carbocycles. The van der Waals surface area contributed by atoms with Crippen LogP contribution in [0.25, 0.3) is 0 Å². The van der Waals surface area contributed by atoms with Crippen LogP contribution in [-0.2, 0) is 24.9 Å². The average molecular weight is 358 g/mol. The Labute approximate surface area is 131 Å². The molecule has 1 rings (SSSR count). The minimum absolute atomic E-state index is 0.0307. The summed E-state index contributed by atoms with van der Waals surface area (Å²) in [6.07, 6.45) is 2.79. The summed E-state index contributed by atoms with van der Waals surface area (Å²) in [5, 5.41) is 0. The van der Waals surface area contributed by atoms with Crippen LogP contribution >= 0.6 is 10.3 Å². The van der Waals surface area contributed by atoms with Gasteiger partial charge >= 0.3 is 15.6 Å². The van der Waals surface area contributed by atoms with Gasteiger partial charge in [-0.3, -0.25) is 0 Å². The molecule has 22 heavy (non-hydrogen) atoms. The second-order valence-corrected chi connectivity index (χ2v) is 11.6. The summed E-state index contributed by atoms with van der Waals surface area (Å²) in [7, 11) is -8.00.